The molecular weight excluding hydrogens is 342 g/mol. The third-order valence-electron chi connectivity index (χ3n) is 4.11. The predicted octanol–water partition coefficient (Wildman–Crippen LogP) is 3.33. The molecular formula is C18H25NO5S. The highest BCUT2D eigenvalue weighted by atomic mass is 32.1. The molecule has 0 saturated heterocycles. The minimum Gasteiger partial charge on any atom is -0.466 e. The van der Waals surface area contributed by atoms with Crippen molar-refractivity contribution in [3.8, 4) is 0 Å². The summed E-state index contributed by atoms with van der Waals surface area (Å²) in [5.41, 5.74) is 1.49. The third kappa shape index (κ3) is 5.04. The van der Waals surface area contributed by atoms with Gasteiger partial charge in [0, 0.05) is 11.3 Å². The van der Waals surface area contributed by atoms with Crippen molar-refractivity contribution in [1.29, 1.82) is 0 Å². The van der Waals surface area contributed by atoms with E-state index in [4.69, 9.17) is 9.47 Å². The molecule has 1 heterocycles. The normalized spacial score (nSPS) is 16.0. The summed E-state index contributed by atoms with van der Waals surface area (Å²) in [5, 5.41) is 3.32. The molecule has 1 aromatic rings. The summed E-state index contributed by atoms with van der Waals surface area (Å²) >= 11 is 1.44. The lowest BCUT2D eigenvalue weighted by molar-refractivity contribution is -0.144. The second-order valence-electron chi connectivity index (χ2n) is 6.13. The van der Waals surface area contributed by atoms with E-state index in [9.17, 15) is 14.4 Å². The zero-order chi connectivity index (χ0) is 18.4. The number of fused-ring (bicyclic) bond motifs is 1. The Hall–Kier alpha value is -1.89. The smallest absolute Gasteiger partial charge is 0.341 e. The molecule has 0 aliphatic heterocycles. The van der Waals surface area contributed by atoms with Gasteiger partial charge in [0.15, 0.2) is 0 Å². The van der Waals surface area contributed by atoms with Crippen molar-refractivity contribution in [2.75, 3.05) is 18.5 Å². The molecule has 1 aliphatic rings. The topological polar surface area (TPSA) is 81.7 Å². The Bertz CT molecular complexity index is 652. The highest BCUT2D eigenvalue weighted by molar-refractivity contribution is 7.17. The average Bonchev–Trinajstić information content (AvgIpc) is 2.90. The van der Waals surface area contributed by atoms with Crippen molar-refractivity contribution in [1.82, 2.24) is 0 Å². The molecule has 1 aromatic heterocycles. The fraction of sp³-hybridized carbons (Fsp3) is 0.611. The van der Waals surface area contributed by atoms with Crippen LogP contribution in [0.15, 0.2) is 0 Å². The SMILES string of the molecule is CCOC(=O)CCC(=O)Nc1sc2c(c1C(=O)OCC)CC[C@@H](C)C2. The Labute approximate surface area is 151 Å². The van der Waals surface area contributed by atoms with E-state index in [0.717, 1.165) is 29.7 Å². The average molecular weight is 367 g/mol. The number of hydrogen-bond acceptors (Lipinski definition) is 6. The first kappa shape index (κ1) is 19.4. The van der Waals surface area contributed by atoms with Crippen molar-refractivity contribution in [2.24, 2.45) is 5.92 Å². The third-order valence-corrected chi connectivity index (χ3v) is 5.28. The van der Waals surface area contributed by atoms with E-state index in [1.165, 1.54) is 11.3 Å². The molecule has 6 nitrogen and oxygen atoms in total. The Morgan fingerprint density at radius 1 is 1.16 bits per heavy atom. The van der Waals surface area contributed by atoms with Crippen LogP contribution in [0.5, 0.6) is 0 Å². The number of anilines is 1. The standard InChI is InChI=1S/C18H25NO5S/c1-4-23-15(21)9-8-14(20)19-17-16(18(22)24-5-2)12-7-6-11(3)10-13(12)25-17/h11H,4-10H2,1-3H3,(H,19,20)/t11-/m1/s1. The Kier molecular flexibility index (Phi) is 6.99. The van der Waals surface area contributed by atoms with E-state index in [0.29, 0.717) is 23.1 Å². The lowest BCUT2D eigenvalue weighted by atomic mass is 9.88. The number of ether oxygens (including phenoxy) is 2. The highest BCUT2D eigenvalue weighted by Crippen LogP contribution is 2.40. The predicted molar refractivity (Wildman–Crippen MR) is 96.0 cm³/mol. The van der Waals surface area contributed by atoms with Crippen LogP contribution >= 0.6 is 11.3 Å². The minimum atomic E-state index is -0.400. The van der Waals surface area contributed by atoms with E-state index in [-0.39, 0.29) is 25.4 Å². The molecule has 1 atom stereocenters. The van der Waals surface area contributed by atoms with Gasteiger partial charge < -0.3 is 14.8 Å². The van der Waals surface area contributed by atoms with E-state index in [1.807, 2.05) is 0 Å². The first-order valence-corrected chi connectivity index (χ1v) is 9.54. The van der Waals surface area contributed by atoms with Crippen LogP contribution in [0.3, 0.4) is 0 Å². The van der Waals surface area contributed by atoms with Crippen molar-refractivity contribution >= 4 is 34.2 Å². The molecule has 0 bridgehead atoms. The number of thiophene rings is 1. The molecule has 0 spiro atoms. The van der Waals surface area contributed by atoms with Crippen LogP contribution in [-0.4, -0.2) is 31.1 Å². The minimum absolute atomic E-state index is 0.0243. The maximum atomic E-state index is 12.4. The van der Waals surface area contributed by atoms with Crippen LogP contribution in [0, 0.1) is 5.92 Å². The summed E-state index contributed by atoms with van der Waals surface area (Å²) in [5.74, 6) is -0.531. The summed E-state index contributed by atoms with van der Waals surface area (Å²) in [4.78, 5) is 37.1. The highest BCUT2D eigenvalue weighted by Gasteiger charge is 2.29. The van der Waals surface area contributed by atoms with Crippen molar-refractivity contribution < 1.29 is 23.9 Å². The molecule has 1 aliphatic carbocycles. The summed E-state index contributed by atoms with van der Waals surface area (Å²) in [6.45, 7) is 6.25. The van der Waals surface area contributed by atoms with Gasteiger partial charge in [-0.05, 0) is 44.6 Å². The molecule has 7 heteroatoms. The molecule has 138 valence electrons. The van der Waals surface area contributed by atoms with Gasteiger partial charge in [0.25, 0.3) is 0 Å². The van der Waals surface area contributed by atoms with Gasteiger partial charge in [-0.3, -0.25) is 9.59 Å². The Morgan fingerprint density at radius 2 is 1.88 bits per heavy atom. The van der Waals surface area contributed by atoms with Crippen LogP contribution in [-0.2, 0) is 31.9 Å². The maximum Gasteiger partial charge on any atom is 0.341 e. The summed E-state index contributed by atoms with van der Waals surface area (Å²) < 4.78 is 10.00. The number of hydrogen-bond donors (Lipinski definition) is 1. The second kappa shape index (κ2) is 8.99. The quantitative estimate of drug-likeness (QED) is 0.748. The largest absolute Gasteiger partial charge is 0.466 e. The number of esters is 2. The first-order chi connectivity index (χ1) is 12.0. The molecule has 25 heavy (non-hydrogen) atoms. The zero-order valence-electron chi connectivity index (χ0n) is 15.0. The van der Waals surface area contributed by atoms with E-state index < -0.39 is 11.9 Å². The van der Waals surface area contributed by atoms with Gasteiger partial charge >= 0.3 is 11.9 Å². The first-order valence-electron chi connectivity index (χ1n) is 8.73. The molecule has 0 radical (unpaired) electrons. The fourth-order valence-corrected chi connectivity index (χ4v) is 4.31. The van der Waals surface area contributed by atoms with Gasteiger partial charge in [0.2, 0.25) is 5.91 Å². The lowest BCUT2D eigenvalue weighted by Gasteiger charge is -2.18. The van der Waals surface area contributed by atoms with Gasteiger partial charge in [-0.2, -0.15) is 0 Å². The number of amides is 1. The maximum absolute atomic E-state index is 12.4. The Balaban J connectivity index is 2.14. The van der Waals surface area contributed by atoms with E-state index in [1.54, 1.807) is 13.8 Å². The van der Waals surface area contributed by atoms with Crippen molar-refractivity contribution in [3.63, 3.8) is 0 Å². The summed E-state index contributed by atoms with van der Waals surface area (Å²) in [6, 6.07) is 0. The van der Waals surface area contributed by atoms with Gasteiger partial charge in [-0.1, -0.05) is 6.92 Å². The van der Waals surface area contributed by atoms with Gasteiger partial charge in [0.1, 0.15) is 5.00 Å². The summed E-state index contributed by atoms with van der Waals surface area (Å²) in [6.07, 6.45) is 2.80. The van der Waals surface area contributed by atoms with Crippen molar-refractivity contribution in [2.45, 2.75) is 52.9 Å². The molecule has 0 aromatic carbocycles. The van der Waals surface area contributed by atoms with Crippen LogP contribution in [0.4, 0.5) is 5.00 Å². The van der Waals surface area contributed by atoms with Crippen LogP contribution in [0.25, 0.3) is 0 Å². The number of nitrogens with one attached hydrogen (secondary N) is 1. The number of rotatable bonds is 7. The van der Waals surface area contributed by atoms with Crippen molar-refractivity contribution in [3.05, 3.63) is 16.0 Å². The van der Waals surface area contributed by atoms with Crippen LogP contribution in [0.1, 0.15) is 60.8 Å². The molecule has 1 N–H and O–H groups in total. The van der Waals surface area contributed by atoms with Crippen LogP contribution < -0.4 is 5.32 Å². The molecule has 0 fully saturated rings. The monoisotopic (exact) mass is 367 g/mol. The number of carbonyl (C=O) groups is 3. The van der Waals surface area contributed by atoms with E-state index >= 15 is 0 Å². The van der Waals surface area contributed by atoms with Gasteiger partial charge in [-0.25, -0.2) is 4.79 Å². The van der Waals surface area contributed by atoms with E-state index in [2.05, 4.69) is 12.2 Å². The van der Waals surface area contributed by atoms with Gasteiger partial charge in [0.05, 0.1) is 25.2 Å². The summed E-state index contributed by atoms with van der Waals surface area (Å²) in [7, 11) is 0. The molecule has 0 unspecified atom stereocenters. The number of carbonyl (C=O) groups excluding carboxylic acids is 3. The Morgan fingerprint density at radius 3 is 2.56 bits per heavy atom. The second-order valence-corrected chi connectivity index (χ2v) is 7.23. The fourth-order valence-electron chi connectivity index (χ4n) is 2.90. The molecule has 1 amide bonds. The molecule has 0 saturated carbocycles. The zero-order valence-corrected chi connectivity index (χ0v) is 15.8. The van der Waals surface area contributed by atoms with Crippen LogP contribution in [0.2, 0.25) is 0 Å². The lowest BCUT2D eigenvalue weighted by Crippen LogP contribution is -2.17. The van der Waals surface area contributed by atoms with Gasteiger partial charge in [-0.15, -0.1) is 11.3 Å². The molecule has 2 rings (SSSR count).